The van der Waals surface area contributed by atoms with Crippen molar-refractivity contribution in [2.75, 3.05) is 19.0 Å². The topological polar surface area (TPSA) is 75.7 Å². The van der Waals surface area contributed by atoms with Gasteiger partial charge in [0.2, 0.25) is 15.9 Å². The number of piperidine rings is 1. The number of hydrogen-bond acceptors (Lipinski definition) is 4. The lowest BCUT2D eigenvalue weighted by Crippen LogP contribution is -2.45. The van der Waals surface area contributed by atoms with Gasteiger partial charge in [-0.3, -0.25) is 4.79 Å². The average Bonchev–Trinajstić information content (AvgIpc) is 2.70. The van der Waals surface area contributed by atoms with E-state index >= 15 is 0 Å². The first kappa shape index (κ1) is 20.3. The van der Waals surface area contributed by atoms with Crippen LogP contribution in [0.3, 0.4) is 0 Å². The minimum Gasteiger partial charge on any atom is -0.497 e. The summed E-state index contributed by atoms with van der Waals surface area (Å²) < 4.78 is 46.4. The lowest BCUT2D eigenvalue weighted by molar-refractivity contribution is -0.117. The highest BCUT2D eigenvalue weighted by Gasteiger charge is 2.34. The van der Waals surface area contributed by atoms with Crippen LogP contribution in [0.25, 0.3) is 0 Å². The van der Waals surface area contributed by atoms with Crippen LogP contribution in [0.15, 0.2) is 53.4 Å². The van der Waals surface area contributed by atoms with Crippen molar-refractivity contribution in [1.29, 1.82) is 0 Å². The van der Waals surface area contributed by atoms with Crippen molar-refractivity contribution in [1.82, 2.24) is 4.31 Å². The van der Waals surface area contributed by atoms with Gasteiger partial charge in [0.1, 0.15) is 11.6 Å². The van der Waals surface area contributed by atoms with Gasteiger partial charge < -0.3 is 10.1 Å². The Labute approximate surface area is 164 Å². The molecule has 150 valence electrons. The molecule has 0 aromatic heterocycles. The molecule has 0 spiro atoms. The van der Waals surface area contributed by atoms with E-state index in [-0.39, 0.29) is 17.0 Å². The number of sulfonamides is 1. The molecule has 28 heavy (non-hydrogen) atoms. The predicted molar refractivity (Wildman–Crippen MR) is 104 cm³/mol. The number of para-hydroxylation sites is 1. The second-order valence-corrected chi connectivity index (χ2v) is 8.56. The quantitative estimate of drug-likeness (QED) is 0.798. The van der Waals surface area contributed by atoms with E-state index in [2.05, 4.69) is 5.32 Å². The summed E-state index contributed by atoms with van der Waals surface area (Å²) in [7, 11) is -2.23. The average molecular weight is 406 g/mol. The van der Waals surface area contributed by atoms with Crippen LogP contribution in [0.4, 0.5) is 10.1 Å². The largest absolute Gasteiger partial charge is 0.497 e. The molecule has 0 radical (unpaired) electrons. The summed E-state index contributed by atoms with van der Waals surface area (Å²) in [6.45, 7) is 0.353. The highest BCUT2D eigenvalue weighted by molar-refractivity contribution is 7.89. The maximum absolute atomic E-state index is 13.7. The first-order chi connectivity index (χ1) is 13.4. The van der Waals surface area contributed by atoms with Crippen LogP contribution in [0.1, 0.15) is 25.7 Å². The molecular weight excluding hydrogens is 383 g/mol. The van der Waals surface area contributed by atoms with Gasteiger partial charge in [-0.2, -0.15) is 4.31 Å². The Bertz CT molecular complexity index is 931. The second-order valence-electron chi connectivity index (χ2n) is 6.67. The summed E-state index contributed by atoms with van der Waals surface area (Å²) in [6, 6.07) is 11.6. The van der Waals surface area contributed by atoms with Crippen LogP contribution in [0.2, 0.25) is 0 Å². The van der Waals surface area contributed by atoms with Gasteiger partial charge in [0.05, 0.1) is 17.7 Å². The van der Waals surface area contributed by atoms with E-state index in [1.807, 2.05) is 0 Å². The summed E-state index contributed by atoms with van der Waals surface area (Å²) in [6.07, 6.45) is 2.14. The number of methoxy groups -OCH3 is 1. The van der Waals surface area contributed by atoms with Crippen molar-refractivity contribution in [3.8, 4) is 5.75 Å². The highest BCUT2D eigenvalue weighted by Crippen LogP contribution is 2.28. The van der Waals surface area contributed by atoms with E-state index in [0.29, 0.717) is 18.7 Å². The minimum atomic E-state index is -3.74. The van der Waals surface area contributed by atoms with Crippen molar-refractivity contribution >= 4 is 21.6 Å². The van der Waals surface area contributed by atoms with E-state index in [0.717, 1.165) is 12.8 Å². The van der Waals surface area contributed by atoms with Crippen LogP contribution < -0.4 is 10.1 Å². The third-order valence-electron chi connectivity index (χ3n) is 4.81. The molecule has 2 aromatic rings. The Balaban J connectivity index is 1.75. The number of benzene rings is 2. The van der Waals surface area contributed by atoms with Gasteiger partial charge in [-0.05, 0) is 49.2 Å². The van der Waals surface area contributed by atoms with Crippen molar-refractivity contribution in [3.63, 3.8) is 0 Å². The number of nitrogens with one attached hydrogen (secondary N) is 1. The molecule has 2 aromatic carbocycles. The highest BCUT2D eigenvalue weighted by atomic mass is 32.2. The molecule has 0 saturated carbocycles. The zero-order valence-electron chi connectivity index (χ0n) is 15.6. The number of rotatable bonds is 6. The number of amides is 1. The number of nitrogens with zero attached hydrogens (tertiary/aromatic N) is 1. The molecule has 8 heteroatoms. The standard InChI is InChI=1S/C20H23FN2O4S/c1-27-16-9-11-17(12-10-16)28(25,26)23-13-5-4-6-15(23)14-20(24)22-19-8-3-2-7-18(19)21/h2-3,7-12,15H,4-6,13-14H2,1H3,(H,22,24). The van der Waals surface area contributed by atoms with Crippen LogP contribution in [-0.2, 0) is 14.8 Å². The Hall–Kier alpha value is -2.45. The van der Waals surface area contributed by atoms with Crippen molar-refractivity contribution in [2.45, 2.75) is 36.6 Å². The Kier molecular flexibility index (Phi) is 6.31. The predicted octanol–water partition coefficient (Wildman–Crippen LogP) is 3.41. The fourth-order valence-electron chi connectivity index (χ4n) is 3.36. The monoisotopic (exact) mass is 406 g/mol. The molecule has 1 atom stereocenters. The van der Waals surface area contributed by atoms with Gasteiger partial charge in [-0.15, -0.1) is 0 Å². The van der Waals surface area contributed by atoms with Crippen molar-refractivity contribution in [2.24, 2.45) is 0 Å². The molecule has 1 unspecified atom stereocenters. The fraction of sp³-hybridized carbons (Fsp3) is 0.350. The van der Waals surface area contributed by atoms with Crippen LogP contribution in [0, 0.1) is 5.82 Å². The molecule has 0 bridgehead atoms. The number of anilines is 1. The van der Waals surface area contributed by atoms with Crippen LogP contribution >= 0.6 is 0 Å². The molecule has 1 aliphatic heterocycles. The molecule has 3 rings (SSSR count). The van der Waals surface area contributed by atoms with Gasteiger partial charge in [0.15, 0.2) is 0 Å². The second kappa shape index (κ2) is 8.70. The van der Waals surface area contributed by atoms with Gasteiger partial charge >= 0.3 is 0 Å². The summed E-state index contributed by atoms with van der Waals surface area (Å²) in [4.78, 5) is 12.6. The van der Waals surface area contributed by atoms with Gasteiger partial charge in [0.25, 0.3) is 0 Å². The summed E-state index contributed by atoms with van der Waals surface area (Å²) in [5.41, 5.74) is 0.0906. The molecule has 1 heterocycles. The lowest BCUT2D eigenvalue weighted by atomic mass is 10.0. The molecule has 1 saturated heterocycles. The maximum Gasteiger partial charge on any atom is 0.243 e. The zero-order valence-corrected chi connectivity index (χ0v) is 16.4. The van der Waals surface area contributed by atoms with Crippen LogP contribution in [0.5, 0.6) is 5.75 Å². The summed E-state index contributed by atoms with van der Waals surface area (Å²) >= 11 is 0. The Morgan fingerprint density at radius 3 is 2.57 bits per heavy atom. The van der Waals surface area contributed by atoms with E-state index in [1.54, 1.807) is 18.2 Å². The molecular formula is C20H23FN2O4S. The smallest absolute Gasteiger partial charge is 0.243 e. The number of hydrogen-bond donors (Lipinski definition) is 1. The minimum absolute atomic E-state index is 0.0241. The summed E-state index contributed by atoms with van der Waals surface area (Å²) in [5, 5.41) is 2.53. The first-order valence-electron chi connectivity index (χ1n) is 9.12. The number of carbonyl (C=O) groups excluding carboxylic acids is 1. The van der Waals surface area contributed by atoms with Gasteiger partial charge in [-0.25, -0.2) is 12.8 Å². The van der Waals surface area contributed by atoms with Crippen molar-refractivity contribution < 1.29 is 22.3 Å². The van der Waals surface area contributed by atoms with E-state index in [1.165, 1.54) is 41.7 Å². The molecule has 1 fully saturated rings. The molecule has 0 aliphatic carbocycles. The van der Waals surface area contributed by atoms with Gasteiger partial charge in [-0.1, -0.05) is 18.6 Å². The lowest BCUT2D eigenvalue weighted by Gasteiger charge is -2.34. The number of ether oxygens (including phenoxy) is 1. The SMILES string of the molecule is COc1ccc(S(=O)(=O)N2CCCCC2CC(=O)Nc2ccccc2F)cc1. The van der Waals surface area contributed by atoms with E-state index < -0.39 is 27.8 Å². The maximum atomic E-state index is 13.7. The van der Waals surface area contributed by atoms with Crippen LogP contribution in [-0.4, -0.2) is 38.3 Å². The molecule has 6 nitrogen and oxygen atoms in total. The van der Waals surface area contributed by atoms with E-state index in [9.17, 15) is 17.6 Å². The molecule has 1 N–H and O–H groups in total. The normalized spacial score (nSPS) is 17.9. The third kappa shape index (κ3) is 4.51. The number of carbonyl (C=O) groups is 1. The van der Waals surface area contributed by atoms with Crippen molar-refractivity contribution in [3.05, 3.63) is 54.3 Å². The third-order valence-corrected chi connectivity index (χ3v) is 6.77. The van der Waals surface area contributed by atoms with E-state index in [4.69, 9.17) is 4.74 Å². The fourth-order valence-corrected chi connectivity index (χ4v) is 5.05. The molecule has 1 aliphatic rings. The Morgan fingerprint density at radius 1 is 1.18 bits per heavy atom. The zero-order chi connectivity index (χ0) is 20.1. The first-order valence-corrected chi connectivity index (χ1v) is 10.6. The molecule has 1 amide bonds. The summed E-state index contributed by atoms with van der Waals surface area (Å²) in [5.74, 6) is -0.368. The van der Waals surface area contributed by atoms with Gasteiger partial charge in [0, 0.05) is 19.0 Å². The number of halogens is 1. The Morgan fingerprint density at radius 2 is 1.89 bits per heavy atom.